The molecule has 0 aliphatic rings. The highest BCUT2D eigenvalue weighted by molar-refractivity contribution is 9.11. The molecule has 5 nitrogen and oxygen atoms in total. The van der Waals surface area contributed by atoms with Crippen molar-refractivity contribution in [3.63, 3.8) is 0 Å². The molecule has 1 N–H and O–H groups in total. The average molecular weight is 429 g/mol. The van der Waals surface area contributed by atoms with Gasteiger partial charge in [-0.25, -0.2) is 0 Å². The zero-order chi connectivity index (χ0) is 16.4. The standard InChI is InChI=1S/C15H15Br2N3O2/c1-8-4-12(16)15(13(17)5-8)18-14(22)7-20-6-11(10(3)21)9(2)19-20/h4-6H,7H2,1-3H3,(H,18,22). The van der Waals surface area contributed by atoms with Crippen LogP contribution in [0.25, 0.3) is 0 Å². The molecule has 1 heterocycles. The van der Waals surface area contributed by atoms with Crippen molar-refractivity contribution in [1.82, 2.24) is 9.78 Å². The number of aromatic nitrogens is 2. The monoisotopic (exact) mass is 427 g/mol. The first-order valence-corrected chi connectivity index (χ1v) is 8.17. The van der Waals surface area contributed by atoms with Crippen LogP contribution in [0, 0.1) is 13.8 Å². The summed E-state index contributed by atoms with van der Waals surface area (Å²) in [7, 11) is 0. The van der Waals surface area contributed by atoms with Crippen LogP contribution in [0.5, 0.6) is 0 Å². The van der Waals surface area contributed by atoms with Crippen LogP contribution in [-0.2, 0) is 11.3 Å². The van der Waals surface area contributed by atoms with Crippen LogP contribution in [0.1, 0.15) is 28.5 Å². The largest absolute Gasteiger partial charge is 0.323 e. The maximum Gasteiger partial charge on any atom is 0.246 e. The summed E-state index contributed by atoms with van der Waals surface area (Å²) in [6.45, 7) is 5.24. The van der Waals surface area contributed by atoms with Gasteiger partial charge in [-0.15, -0.1) is 0 Å². The summed E-state index contributed by atoms with van der Waals surface area (Å²) in [5.74, 6) is -0.281. The lowest BCUT2D eigenvalue weighted by Crippen LogP contribution is -2.19. The number of benzene rings is 1. The highest BCUT2D eigenvalue weighted by atomic mass is 79.9. The number of nitrogens with one attached hydrogen (secondary N) is 1. The van der Waals surface area contributed by atoms with Crippen LogP contribution in [0.15, 0.2) is 27.3 Å². The van der Waals surface area contributed by atoms with E-state index in [1.165, 1.54) is 11.6 Å². The van der Waals surface area contributed by atoms with Gasteiger partial charge in [0.2, 0.25) is 5.91 Å². The summed E-state index contributed by atoms with van der Waals surface area (Å²) in [5, 5.41) is 7.02. The molecular weight excluding hydrogens is 414 g/mol. The normalized spacial score (nSPS) is 10.6. The SMILES string of the molecule is CC(=O)c1cn(CC(=O)Nc2c(Br)cc(C)cc2Br)nc1C. The van der Waals surface area contributed by atoms with Gasteiger partial charge in [-0.05, 0) is 70.3 Å². The molecule has 1 aromatic carbocycles. The van der Waals surface area contributed by atoms with Gasteiger partial charge >= 0.3 is 0 Å². The highest BCUT2D eigenvalue weighted by Gasteiger charge is 2.13. The van der Waals surface area contributed by atoms with Crippen LogP contribution >= 0.6 is 31.9 Å². The van der Waals surface area contributed by atoms with Crippen molar-refractivity contribution in [2.24, 2.45) is 0 Å². The zero-order valence-corrected chi connectivity index (χ0v) is 15.6. The van der Waals surface area contributed by atoms with Gasteiger partial charge in [0, 0.05) is 15.1 Å². The van der Waals surface area contributed by atoms with Crippen LogP contribution in [0.4, 0.5) is 5.69 Å². The topological polar surface area (TPSA) is 64.0 Å². The Bertz CT molecular complexity index is 730. The molecule has 0 saturated heterocycles. The number of carbonyl (C=O) groups is 2. The molecule has 0 atom stereocenters. The van der Waals surface area contributed by atoms with E-state index in [1.54, 1.807) is 13.1 Å². The summed E-state index contributed by atoms with van der Waals surface area (Å²) in [5.41, 5.74) is 2.90. The minimum absolute atomic E-state index is 0.0425. The minimum Gasteiger partial charge on any atom is -0.323 e. The van der Waals surface area contributed by atoms with Gasteiger partial charge in [-0.1, -0.05) is 0 Å². The number of anilines is 1. The van der Waals surface area contributed by atoms with E-state index in [-0.39, 0.29) is 18.2 Å². The third-order valence-electron chi connectivity index (χ3n) is 3.08. The molecule has 0 saturated carbocycles. The Balaban J connectivity index is 2.14. The van der Waals surface area contributed by atoms with E-state index < -0.39 is 0 Å². The van der Waals surface area contributed by atoms with E-state index in [0.29, 0.717) is 16.9 Å². The molecule has 116 valence electrons. The molecule has 0 aliphatic carbocycles. The Kier molecular flexibility index (Phi) is 5.18. The first-order valence-electron chi connectivity index (χ1n) is 6.58. The Morgan fingerprint density at radius 3 is 2.32 bits per heavy atom. The van der Waals surface area contributed by atoms with Crippen LogP contribution in [-0.4, -0.2) is 21.5 Å². The van der Waals surface area contributed by atoms with Crippen molar-refractivity contribution < 1.29 is 9.59 Å². The minimum atomic E-state index is -0.220. The fourth-order valence-corrected chi connectivity index (χ4v) is 3.70. The molecule has 0 bridgehead atoms. The second-order valence-corrected chi connectivity index (χ2v) is 6.74. The molecule has 0 fully saturated rings. The maximum atomic E-state index is 12.2. The first kappa shape index (κ1) is 16.9. The zero-order valence-electron chi connectivity index (χ0n) is 12.4. The second-order valence-electron chi connectivity index (χ2n) is 5.03. The number of amides is 1. The third-order valence-corrected chi connectivity index (χ3v) is 4.33. The molecule has 7 heteroatoms. The Labute approximate surface area is 145 Å². The fourth-order valence-electron chi connectivity index (χ4n) is 2.09. The van der Waals surface area contributed by atoms with E-state index in [2.05, 4.69) is 42.3 Å². The number of rotatable bonds is 4. The van der Waals surface area contributed by atoms with Crippen LogP contribution in [0.2, 0.25) is 0 Å². The molecule has 2 rings (SSSR count). The van der Waals surface area contributed by atoms with Crippen molar-refractivity contribution in [2.45, 2.75) is 27.3 Å². The van der Waals surface area contributed by atoms with Gasteiger partial charge in [-0.2, -0.15) is 5.10 Å². The van der Waals surface area contributed by atoms with Crippen LogP contribution < -0.4 is 5.32 Å². The van der Waals surface area contributed by atoms with Crippen molar-refractivity contribution in [1.29, 1.82) is 0 Å². The number of nitrogens with zero attached hydrogens (tertiary/aromatic N) is 2. The van der Waals surface area contributed by atoms with Gasteiger partial charge < -0.3 is 5.32 Å². The highest BCUT2D eigenvalue weighted by Crippen LogP contribution is 2.32. The molecule has 2 aromatic rings. The molecule has 1 aromatic heterocycles. The number of ketones is 1. The number of carbonyl (C=O) groups excluding carboxylic acids is 2. The summed E-state index contributed by atoms with van der Waals surface area (Å²) >= 11 is 6.87. The summed E-state index contributed by atoms with van der Waals surface area (Å²) in [4.78, 5) is 23.6. The van der Waals surface area contributed by atoms with Gasteiger partial charge in [0.1, 0.15) is 6.54 Å². The predicted molar refractivity (Wildman–Crippen MR) is 92.2 cm³/mol. The van der Waals surface area contributed by atoms with Gasteiger partial charge in [0.05, 0.1) is 16.9 Å². The quantitative estimate of drug-likeness (QED) is 0.751. The number of aryl methyl sites for hydroxylation is 2. The predicted octanol–water partition coefficient (Wildman–Crippen LogP) is 3.87. The summed E-state index contributed by atoms with van der Waals surface area (Å²) < 4.78 is 3.07. The van der Waals surface area contributed by atoms with E-state index in [0.717, 1.165) is 14.5 Å². The Hall–Kier alpha value is -1.47. The lowest BCUT2D eigenvalue weighted by Gasteiger charge is -2.10. The van der Waals surface area contributed by atoms with E-state index in [4.69, 9.17) is 0 Å². The molecule has 22 heavy (non-hydrogen) atoms. The summed E-state index contributed by atoms with van der Waals surface area (Å²) in [6.07, 6.45) is 1.59. The lowest BCUT2D eigenvalue weighted by molar-refractivity contribution is -0.116. The van der Waals surface area contributed by atoms with E-state index in [1.807, 2.05) is 19.1 Å². The molecule has 0 spiro atoms. The van der Waals surface area contributed by atoms with Gasteiger partial charge in [0.25, 0.3) is 0 Å². The number of hydrogen-bond acceptors (Lipinski definition) is 3. The second kappa shape index (κ2) is 6.75. The fraction of sp³-hybridized carbons (Fsp3) is 0.267. The molecular formula is C15H15Br2N3O2. The van der Waals surface area contributed by atoms with Crippen LogP contribution in [0.3, 0.4) is 0 Å². The molecule has 0 aliphatic heterocycles. The average Bonchev–Trinajstić information content (AvgIpc) is 2.74. The Morgan fingerprint density at radius 1 is 1.23 bits per heavy atom. The smallest absolute Gasteiger partial charge is 0.246 e. The molecule has 1 amide bonds. The summed E-state index contributed by atoms with van der Waals surface area (Å²) in [6, 6.07) is 3.85. The van der Waals surface area contributed by atoms with Crippen molar-refractivity contribution in [3.8, 4) is 0 Å². The van der Waals surface area contributed by atoms with Crippen molar-refractivity contribution >= 4 is 49.2 Å². The molecule has 0 unspecified atom stereocenters. The first-order chi connectivity index (χ1) is 10.3. The maximum absolute atomic E-state index is 12.2. The lowest BCUT2D eigenvalue weighted by atomic mass is 10.2. The van der Waals surface area contributed by atoms with Crippen molar-refractivity contribution in [3.05, 3.63) is 44.1 Å². The van der Waals surface area contributed by atoms with Gasteiger partial charge in [-0.3, -0.25) is 14.3 Å². The third kappa shape index (κ3) is 3.84. The molecule has 0 radical (unpaired) electrons. The Morgan fingerprint density at radius 2 is 1.82 bits per heavy atom. The number of hydrogen-bond donors (Lipinski definition) is 1. The van der Waals surface area contributed by atoms with E-state index >= 15 is 0 Å². The van der Waals surface area contributed by atoms with Crippen molar-refractivity contribution in [2.75, 3.05) is 5.32 Å². The van der Waals surface area contributed by atoms with E-state index in [9.17, 15) is 9.59 Å². The van der Waals surface area contributed by atoms with Gasteiger partial charge in [0.15, 0.2) is 5.78 Å². The number of Topliss-reactive ketones (excluding diaryl/α,β-unsaturated/α-hetero) is 1. The number of halogens is 2.